The van der Waals surface area contributed by atoms with Crippen molar-refractivity contribution in [2.24, 2.45) is 0 Å². The molecule has 27 heavy (non-hydrogen) atoms. The maximum absolute atomic E-state index is 6.34. The van der Waals surface area contributed by atoms with Gasteiger partial charge < -0.3 is 14.5 Å². The van der Waals surface area contributed by atoms with Crippen molar-refractivity contribution in [3.8, 4) is 16.3 Å². The Morgan fingerprint density at radius 3 is 2.63 bits per heavy atom. The fraction of sp³-hybridized carbons (Fsp3) is 0.286. The molecule has 2 aromatic carbocycles. The third-order valence-corrected chi connectivity index (χ3v) is 6.23. The summed E-state index contributed by atoms with van der Waals surface area (Å²) < 4.78 is 5.47. The lowest BCUT2D eigenvalue weighted by molar-refractivity contribution is -0.914. The summed E-state index contributed by atoms with van der Waals surface area (Å²) in [5.74, 6) is 0.874. The van der Waals surface area contributed by atoms with Crippen LogP contribution in [0.4, 0.5) is 5.69 Å². The van der Waals surface area contributed by atoms with Gasteiger partial charge in [0, 0.05) is 5.38 Å². The van der Waals surface area contributed by atoms with Crippen molar-refractivity contribution in [1.82, 2.24) is 4.98 Å². The van der Waals surface area contributed by atoms with Crippen LogP contribution in [0, 0.1) is 0 Å². The van der Waals surface area contributed by atoms with Crippen LogP contribution in [0.1, 0.15) is 5.69 Å². The largest absolute Gasteiger partial charge is 0.496 e. The second kappa shape index (κ2) is 8.30. The first-order chi connectivity index (χ1) is 13.2. The number of benzene rings is 2. The Bertz CT molecular complexity index is 906. The molecule has 1 fully saturated rings. The molecule has 0 amide bonds. The number of para-hydroxylation sites is 2. The van der Waals surface area contributed by atoms with Gasteiger partial charge in [-0.05, 0) is 24.3 Å². The number of halogens is 1. The second-order valence-electron chi connectivity index (χ2n) is 6.71. The fourth-order valence-corrected chi connectivity index (χ4v) is 4.64. The van der Waals surface area contributed by atoms with E-state index in [0.717, 1.165) is 65.4 Å². The number of rotatable bonds is 5. The van der Waals surface area contributed by atoms with Gasteiger partial charge in [-0.1, -0.05) is 35.9 Å². The number of nitrogens with zero attached hydrogens (tertiary/aromatic N) is 2. The van der Waals surface area contributed by atoms with Gasteiger partial charge in [0.15, 0.2) is 0 Å². The maximum atomic E-state index is 6.34. The molecule has 4 nitrogen and oxygen atoms in total. The van der Waals surface area contributed by atoms with Gasteiger partial charge >= 0.3 is 0 Å². The summed E-state index contributed by atoms with van der Waals surface area (Å²) in [5, 5.41) is 4.04. The first-order valence-electron chi connectivity index (χ1n) is 9.15. The summed E-state index contributed by atoms with van der Waals surface area (Å²) in [5.41, 5.74) is 3.36. The number of hydrogen-bond donors (Lipinski definition) is 1. The number of thiazole rings is 1. The van der Waals surface area contributed by atoms with Crippen molar-refractivity contribution < 1.29 is 9.64 Å². The Labute approximate surface area is 169 Å². The average Bonchev–Trinajstić information content (AvgIpc) is 3.17. The third kappa shape index (κ3) is 4.10. The normalized spacial score (nSPS) is 15.1. The predicted octanol–water partition coefficient (Wildman–Crippen LogP) is 3.38. The lowest BCUT2D eigenvalue weighted by Crippen LogP contribution is -3.13. The van der Waals surface area contributed by atoms with E-state index in [2.05, 4.69) is 28.5 Å². The van der Waals surface area contributed by atoms with Crippen molar-refractivity contribution in [3.63, 3.8) is 0 Å². The zero-order valence-electron chi connectivity index (χ0n) is 15.3. The highest BCUT2D eigenvalue weighted by Crippen LogP contribution is 2.31. The summed E-state index contributed by atoms with van der Waals surface area (Å²) in [6.45, 7) is 5.17. The lowest BCUT2D eigenvalue weighted by atomic mass is 10.2. The van der Waals surface area contributed by atoms with Gasteiger partial charge in [0.25, 0.3) is 0 Å². The van der Waals surface area contributed by atoms with Crippen LogP contribution < -0.4 is 14.5 Å². The van der Waals surface area contributed by atoms with E-state index in [-0.39, 0.29) is 0 Å². The molecule has 1 saturated heterocycles. The van der Waals surface area contributed by atoms with Gasteiger partial charge in [-0.15, -0.1) is 11.3 Å². The molecule has 140 valence electrons. The van der Waals surface area contributed by atoms with Crippen molar-refractivity contribution in [2.75, 3.05) is 38.2 Å². The average molecular weight is 401 g/mol. The number of piperazine rings is 1. The predicted molar refractivity (Wildman–Crippen MR) is 112 cm³/mol. The number of ether oxygens (including phenoxy) is 1. The fourth-order valence-electron chi connectivity index (χ4n) is 3.54. The highest BCUT2D eigenvalue weighted by Gasteiger charge is 2.22. The summed E-state index contributed by atoms with van der Waals surface area (Å²) in [4.78, 5) is 8.80. The van der Waals surface area contributed by atoms with Crippen LogP contribution >= 0.6 is 22.9 Å². The summed E-state index contributed by atoms with van der Waals surface area (Å²) >= 11 is 8.03. The van der Waals surface area contributed by atoms with Crippen LogP contribution in [0.25, 0.3) is 10.6 Å². The maximum Gasteiger partial charge on any atom is 0.129 e. The molecule has 0 bridgehead atoms. The lowest BCUT2D eigenvalue weighted by Gasteiger charge is -2.33. The third-order valence-electron chi connectivity index (χ3n) is 4.98. The number of hydrogen-bond acceptors (Lipinski definition) is 4. The molecule has 2 heterocycles. The molecule has 1 aliphatic heterocycles. The molecule has 0 radical (unpaired) electrons. The van der Waals surface area contributed by atoms with Crippen LogP contribution in [0.3, 0.4) is 0 Å². The molecule has 0 spiro atoms. The van der Waals surface area contributed by atoms with Crippen LogP contribution in [0.5, 0.6) is 5.75 Å². The Balaban J connectivity index is 1.39. The zero-order valence-corrected chi connectivity index (χ0v) is 16.9. The van der Waals surface area contributed by atoms with Gasteiger partial charge in [0.2, 0.25) is 0 Å². The number of methoxy groups -OCH3 is 1. The van der Waals surface area contributed by atoms with Crippen molar-refractivity contribution in [2.45, 2.75) is 6.54 Å². The van der Waals surface area contributed by atoms with Gasteiger partial charge in [-0.3, -0.25) is 0 Å². The highest BCUT2D eigenvalue weighted by atomic mass is 35.5. The molecule has 0 saturated carbocycles. The van der Waals surface area contributed by atoms with Crippen molar-refractivity contribution in [1.29, 1.82) is 0 Å². The first-order valence-corrected chi connectivity index (χ1v) is 10.4. The molecule has 0 atom stereocenters. The molecule has 1 aliphatic rings. The smallest absolute Gasteiger partial charge is 0.129 e. The highest BCUT2D eigenvalue weighted by molar-refractivity contribution is 7.13. The van der Waals surface area contributed by atoms with Crippen LogP contribution in [-0.4, -0.2) is 38.3 Å². The van der Waals surface area contributed by atoms with Gasteiger partial charge in [-0.2, -0.15) is 0 Å². The molecule has 1 N–H and O–H groups in total. The molecule has 6 heteroatoms. The van der Waals surface area contributed by atoms with E-state index < -0.39 is 0 Å². The van der Waals surface area contributed by atoms with Crippen LogP contribution in [0.2, 0.25) is 5.02 Å². The van der Waals surface area contributed by atoms with Gasteiger partial charge in [-0.25, -0.2) is 4.98 Å². The number of aromatic nitrogens is 1. The number of quaternary nitrogens is 1. The quantitative estimate of drug-likeness (QED) is 0.712. The van der Waals surface area contributed by atoms with E-state index in [1.807, 2.05) is 30.3 Å². The van der Waals surface area contributed by atoms with Crippen molar-refractivity contribution in [3.05, 3.63) is 64.6 Å². The number of anilines is 1. The van der Waals surface area contributed by atoms with E-state index in [1.165, 1.54) is 0 Å². The van der Waals surface area contributed by atoms with Gasteiger partial charge in [0.05, 0.1) is 49.6 Å². The van der Waals surface area contributed by atoms with Crippen molar-refractivity contribution >= 4 is 28.6 Å². The van der Waals surface area contributed by atoms with Crippen LogP contribution in [0.15, 0.2) is 53.9 Å². The molecule has 0 aliphatic carbocycles. The first kappa shape index (κ1) is 18.3. The van der Waals surface area contributed by atoms with E-state index in [4.69, 9.17) is 21.3 Å². The molecule has 4 rings (SSSR count). The zero-order chi connectivity index (χ0) is 18.6. The van der Waals surface area contributed by atoms with Crippen LogP contribution in [-0.2, 0) is 6.54 Å². The van der Waals surface area contributed by atoms with E-state index >= 15 is 0 Å². The van der Waals surface area contributed by atoms with E-state index in [0.29, 0.717) is 0 Å². The topological polar surface area (TPSA) is 29.8 Å². The number of nitrogens with one attached hydrogen (secondary N) is 1. The SMILES string of the molecule is COc1ccccc1-c1nc(C[NH+]2CCN(c3ccccc3Cl)CC2)cs1. The monoisotopic (exact) mass is 400 g/mol. The minimum Gasteiger partial charge on any atom is -0.496 e. The summed E-state index contributed by atoms with van der Waals surface area (Å²) in [6.07, 6.45) is 0. The van der Waals surface area contributed by atoms with Gasteiger partial charge in [0.1, 0.15) is 23.0 Å². The molecule has 0 unspecified atom stereocenters. The van der Waals surface area contributed by atoms with E-state index in [9.17, 15) is 0 Å². The summed E-state index contributed by atoms with van der Waals surface area (Å²) in [6, 6.07) is 16.2. The standard InChI is InChI=1S/C21H22ClN3OS/c1-26-20-9-5-2-6-17(20)21-23-16(15-27-21)14-24-10-12-25(13-11-24)19-8-4-3-7-18(19)22/h2-9,15H,10-14H2,1H3/p+1. The Morgan fingerprint density at radius 1 is 1.11 bits per heavy atom. The Hall–Kier alpha value is -2.08. The minimum absolute atomic E-state index is 0.835. The Kier molecular flexibility index (Phi) is 5.62. The minimum atomic E-state index is 0.835. The Morgan fingerprint density at radius 2 is 1.85 bits per heavy atom. The molecular weight excluding hydrogens is 378 g/mol. The molecule has 1 aromatic heterocycles. The summed E-state index contributed by atoms with van der Waals surface area (Å²) in [7, 11) is 1.70. The molecular formula is C21H23ClN3OS+. The second-order valence-corrected chi connectivity index (χ2v) is 7.97. The molecule has 3 aromatic rings. The van der Waals surface area contributed by atoms with E-state index in [1.54, 1.807) is 23.3 Å².